The highest BCUT2D eigenvalue weighted by molar-refractivity contribution is 7.92. The minimum absolute atomic E-state index is 0.361. The lowest BCUT2D eigenvalue weighted by atomic mass is 9.89. The fraction of sp³-hybridized carbons (Fsp3) is 0.368. The van der Waals surface area contributed by atoms with Gasteiger partial charge < -0.3 is 5.32 Å². The molecular formula is C19H22N2O2S. The second-order valence-corrected chi connectivity index (χ2v) is 8.41. The Bertz CT molecular complexity index is 828. The zero-order valence-electron chi connectivity index (χ0n) is 13.6. The Morgan fingerprint density at radius 2 is 1.75 bits per heavy atom. The molecule has 4 nitrogen and oxygen atoms in total. The van der Waals surface area contributed by atoms with Gasteiger partial charge in [-0.25, -0.2) is 8.42 Å². The monoisotopic (exact) mass is 342 g/mol. The Kier molecular flexibility index (Phi) is 4.06. The van der Waals surface area contributed by atoms with Gasteiger partial charge in [0.25, 0.3) is 10.0 Å². The molecule has 126 valence electrons. The van der Waals surface area contributed by atoms with E-state index in [1.165, 1.54) is 5.56 Å². The first-order valence-corrected chi connectivity index (χ1v) is 10.0. The molecule has 2 aromatic rings. The van der Waals surface area contributed by atoms with E-state index in [4.69, 9.17) is 0 Å². The van der Waals surface area contributed by atoms with E-state index in [1.807, 2.05) is 12.1 Å². The summed E-state index contributed by atoms with van der Waals surface area (Å²) in [6.45, 7) is 2.66. The highest BCUT2D eigenvalue weighted by Gasteiger charge is 2.31. The number of hydrogen-bond donors (Lipinski definition) is 1. The normalized spacial score (nSPS) is 18.6. The molecule has 4 rings (SSSR count). The third kappa shape index (κ3) is 2.72. The first kappa shape index (κ1) is 15.7. The molecule has 0 atom stereocenters. The molecule has 2 heterocycles. The molecule has 5 heteroatoms. The molecule has 24 heavy (non-hydrogen) atoms. The average molecular weight is 342 g/mol. The van der Waals surface area contributed by atoms with Crippen LogP contribution in [0.5, 0.6) is 0 Å². The van der Waals surface area contributed by atoms with E-state index in [2.05, 4.69) is 17.4 Å². The number of benzene rings is 2. The molecule has 0 amide bonds. The predicted octanol–water partition coefficient (Wildman–Crippen LogP) is 2.91. The Hall–Kier alpha value is -1.85. The van der Waals surface area contributed by atoms with E-state index in [1.54, 1.807) is 28.6 Å². The van der Waals surface area contributed by atoms with Crippen molar-refractivity contribution >= 4 is 15.7 Å². The summed E-state index contributed by atoms with van der Waals surface area (Å²) >= 11 is 0. The van der Waals surface area contributed by atoms with E-state index < -0.39 is 10.0 Å². The standard InChI is InChI=1S/C19H22N2O2S/c22-24(23,18-4-2-1-3-5-18)21-13-10-17-14-16(6-7-19(17)21)15-8-11-20-12-9-15/h1-7,14-15,20H,8-13H2. The smallest absolute Gasteiger partial charge is 0.264 e. The van der Waals surface area contributed by atoms with Crippen LogP contribution in [0.2, 0.25) is 0 Å². The summed E-state index contributed by atoms with van der Waals surface area (Å²) in [5.74, 6) is 0.594. The summed E-state index contributed by atoms with van der Waals surface area (Å²) in [5, 5.41) is 3.39. The lowest BCUT2D eigenvalue weighted by Gasteiger charge is -2.24. The molecule has 2 aliphatic rings. The molecule has 2 aromatic carbocycles. The van der Waals surface area contributed by atoms with Crippen LogP contribution in [-0.2, 0) is 16.4 Å². The maximum absolute atomic E-state index is 12.9. The number of nitrogens with one attached hydrogen (secondary N) is 1. The van der Waals surface area contributed by atoms with Crippen molar-refractivity contribution in [3.63, 3.8) is 0 Å². The van der Waals surface area contributed by atoms with Gasteiger partial charge in [0.15, 0.2) is 0 Å². The van der Waals surface area contributed by atoms with Crippen molar-refractivity contribution < 1.29 is 8.42 Å². The van der Waals surface area contributed by atoms with Gasteiger partial charge in [-0.15, -0.1) is 0 Å². The van der Waals surface area contributed by atoms with E-state index in [9.17, 15) is 8.42 Å². The summed E-state index contributed by atoms with van der Waals surface area (Å²) < 4.78 is 27.4. The zero-order chi connectivity index (χ0) is 16.6. The van der Waals surface area contributed by atoms with Gasteiger partial charge in [-0.3, -0.25) is 4.31 Å². The van der Waals surface area contributed by atoms with Gasteiger partial charge in [-0.05, 0) is 67.6 Å². The Morgan fingerprint density at radius 1 is 1.00 bits per heavy atom. The maximum Gasteiger partial charge on any atom is 0.264 e. The molecule has 2 aliphatic heterocycles. The number of piperidine rings is 1. The van der Waals surface area contributed by atoms with E-state index in [0.29, 0.717) is 17.4 Å². The van der Waals surface area contributed by atoms with Crippen LogP contribution in [0.15, 0.2) is 53.4 Å². The fourth-order valence-corrected chi connectivity index (χ4v) is 5.29. The second-order valence-electron chi connectivity index (χ2n) is 6.55. The first-order chi connectivity index (χ1) is 11.7. The van der Waals surface area contributed by atoms with Crippen LogP contribution in [0, 0.1) is 0 Å². The number of fused-ring (bicyclic) bond motifs is 1. The Morgan fingerprint density at radius 3 is 2.50 bits per heavy atom. The van der Waals surface area contributed by atoms with Crippen LogP contribution >= 0.6 is 0 Å². The third-order valence-electron chi connectivity index (χ3n) is 5.10. The van der Waals surface area contributed by atoms with E-state index >= 15 is 0 Å². The van der Waals surface area contributed by atoms with Gasteiger partial charge in [-0.2, -0.15) is 0 Å². The average Bonchev–Trinajstić information content (AvgIpc) is 3.07. The minimum Gasteiger partial charge on any atom is -0.317 e. The van der Waals surface area contributed by atoms with E-state index in [0.717, 1.165) is 43.6 Å². The maximum atomic E-state index is 12.9. The van der Waals surface area contributed by atoms with Gasteiger partial charge in [0.05, 0.1) is 10.6 Å². The summed E-state index contributed by atoms with van der Waals surface area (Å²) in [6.07, 6.45) is 3.11. The van der Waals surface area contributed by atoms with Gasteiger partial charge in [0, 0.05) is 6.54 Å². The predicted molar refractivity (Wildman–Crippen MR) is 96.0 cm³/mol. The molecule has 1 saturated heterocycles. The second kappa shape index (κ2) is 6.22. The number of rotatable bonds is 3. The van der Waals surface area contributed by atoms with Crippen LogP contribution < -0.4 is 9.62 Å². The molecule has 0 unspecified atom stereocenters. The van der Waals surface area contributed by atoms with Crippen molar-refractivity contribution in [2.75, 3.05) is 23.9 Å². The molecule has 0 aromatic heterocycles. The summed E-state index contributed by atoms with van der Waals surface area (Å²) in [5.41, 5.74) is 3.36. The molecule has 1 fully saturated rings. The van der Waals surface area contributed by atoms with Crippen LogP contribution in [0.25, 0.3) is 0 Å². The first-order valence-electron chi connectivity index (χ1n) is 8.57. The molecule has 0 spiro atoms. The number of nitrogens with zero attached hydrogens (tertiary/aromatic N) is 1. The highest BCUT2D eigenvalue weighted by Crippen LogP contribution is 2.36. The lowest BCUT2D eigenvalue weighted by Crippen LogP contribution is -2.29. The third-order valence-corrected chi connectivity index (χ3v) is 6.93. The van der Waals surface area contributed by atoms with Crippen molar-refractivity contribution in [1.82, 2.24) is 5.32 Å². The van der Waals surface area contributed by atoms with E-state index in [-0.39, 0.29) is 0 Å². The topological polar surface area (TPSA) is 49.4 Å². The molecular weight excluding hydrogens is 320 g/mol. The molecule has 0 saturated carbocycles. The molecule has 1 N–H and O–H groups in total. The van der Waals surface area contributed by atoms with Crippen molar-refractivity contribution in [2.45, 2.75) is 30.1 Å². The fourth-order valence-electron chi connectivity index (χ4n) is 3.77. The Labute approximate surface area is 143 Å². The highest BCUT2D eigenvalue weighted by atomic mass is 32.2. The largest absolute Gasteiger partial charge is 0.317 e. The van der Waals surface area contributed by atoms with Gasteiger partial charge in [0.1, 0.15) is 0 Å². The number of sulfonamides is 1. The molecule has 0 radical (unpaired) electrons. The van der Waals surface area contributed by atoms with Crippen molar-refractivity contribution in [2.24, 2.45) is 0 Å². The Balaban J connectivity index is 1.65. The van der Waals surface area contributed by atoms with Crippen molar-refractivity contribution in [3.05, 3.63) is 59.7 Å². The van der Waals surface area contributed by atoms with Gasteiger partial charge in [-0.1, -0.05) is 30.3 Å². The minimum atomic E-state index is -3.47. The van der Waals surface area contributed by atoms with Gasteiger partial charge in [0.2, 0.25) is 0 Å². The molecule has 0 aliphatic carbocycles. The zero-order valence-corrected chi connectivity index (χ0v) is 14.4. The summed E-state index contributed by atoms with van der Waals surface area (Å²) in [7, 11) is -3.47. The number of hydrogen-bond acceptors (Lipinski definition) is 3. The summed E-state index contributed by atoms with van der Waals surface area (Å²) in [6, 6.07) is 15.0. The summed E-state index contributed by atoms with van der Waals surface area (Å²) in [4.78, 5) is 0.361. The van der Waals surface area contributed by atoms with Crippen molar-refractivity contribution in [1.29, 1.82) is 0 Å². The lowest BCUT2D eigenvalue weighted by molar-refractivity contribution is 0.460. The van der Waals surface area contributed by atoms with Crippen LogP contribution in [-0.4, -0.2) is 28.1 Å². The molecule has 0 bridgehead atoms. The number of anilines is 1. The van der Waals surface area contributed by atoms with Crippen LogP contribution in [0.1, 0.15) is 29.9 Å². The SMILES string of the molecule is O=S(=O)(c1ccccc1)N1CCc2cc(C3CCNCC3)ccc21. The van der Waals surface area contributed by atoms with Crippen LogP contribution in [0.3, 0.4) is 0 Å². The quantitative estimate of drug-likeness (QED) is 0.933. The van der Waals surface area contributed by atoms with Crippen LogP contribution in [0.4, 0.5) is 5.69 Å². The van der Waals surface area contributed by atoms with Crippen molar-refractivity contribution in [3.8, 4) is 0 Å². The van der Waals surface area contributed by atoms with Gasteiger partial charge >= 0.3 is 0 Å².